The Hall–Kier alpha value is -0.750. The molecule has 6 heteroatoms. The number of aliphatic carboxylic acids is 1. The maximum absolute atomic E-state index is 11.8. The predicted octanol–water partition coefficient (Wildman–Crippen LogP) is 1.07. The summed E-state index contributed by atoms with van der Waals surface area (Å²) in [6.45, 7) is 0.433. The maximum atomic E-state index is 11.8. The van der Waals surface area contributed by atoms with E-state index in [1.54, 1.807) is 11.8 Å². The molecule has 1 rings (SSSR count). The van der Waals surface area contributed by atoms with Crippen molar-refractivity contribution in [2.45, 2.75) is 38.1 Å². The van der Waals surface area contributed by atoms with Crippen LogP contribution in [0.5, 0.6) is 0 Å². The van der Waals surface area contributed by atoms with Crippen molar-refractivity contribution in [2.75, 3.05) is 18.6 Å². The van der Waals surface area contributed by atoms with Crippen LogP contribution in [0.25, 0.3) is 0 Å². The van der Waals surface area contributed by atoms with Crippen LogP contribution in [0.1, 0.15) is 32.1 Å². The molecule has 0 aromatic carbocycles. The lowest BCUT2D eigenvalue weighted by Gasteiger charge is -2.28. The van der Waals surface area contributed by atoms with Crippen molar-refractivity contribution < 1.29 is 14.7 Å². The Balaban J connectivity index is 2.37. The molecule has 0 aromatic heterocycles. The first kappa shape index (κ1) is 16.3. The van der Waals surface area contributed by atoms with Crippen LogP contribution < -0.4 is 11.1 Å². The normalized spacial score (nSPS) is 24.7. The summed E-state index contributed by atoms with van der Waals surface area (Å²) in [6, 6.07) is -0.487. The third-order valence-electron chi connectivity index (χ3n) is 3.73. The van der Waals surface area contributed by atoms with Crippen LogP contribution in [0, 0.1) is 11.8 Å². The van der Waals surface area contributed by atoms with Gasteiger partial charge < -0.3 is 16.2 Å². The standard InChI is InChI=1S/C13H24N2O3S/c1-19-7-6-11(14)12(16)15-8-9-4-2-3-5-10(9)13(17)18/h9-11H,2-8,14H2,1H3,(H,15,16)(H,17,18)/t9?,10?,11-/m1/s1. The summed E-state index contributed by atoms with van der Waals surface area (Å²) >= 11 is 1.66. The highest BCUT2D eigenvalue weighted by atomic mass is 32.2. The van der Waals surface area contributed by atoms with Crippen LogP contribution in [-0.4, -0.2) is 41.6 Å². The van der Waals surface area contributed by atoms with Crippen molar-refractivity contribution >= 4 is 23.6 Å². The van der Waals surface area contributed by atoms with Crippen LogP contribution in [0.3, 0.4) is 0 Å². The summed E-state index contributed by atoms with van der Waals surface area (Å²) in [7, 11) is 0. The van der Waals surface area contributed by atoms with Gasteiger partial charge in [-0.2, -0.15) is 11.8 Å². The molecular formula is C13H24N2O3S. The molecule has 0 aliphatic heterocycles. The SMILES string of the molecule is CSCC[C@@H](N)C(=O)NCC1CCCCC1C(=O)O. The topological polar surface area (TPSA) is 92.4 Å². The van der Waals surface area contributed by atoms with Gasteiger partial charge in [-0.3, -0.25) is 9.59 Å². The molecule has 0 bridgehead atoms. The van der Waals surface area contributed by atoms with Gasteiger partial charge in [0.25, 0.3) is 0 Å². The minimum atomic E-state index is -0.745. The molecule has 1 aliphatic carbocycles. The van der Waals surface area contributed by atoms with Gasteiger partial charge >= 0.3 is 5.97 Å². The number of amides is 1. The van der Waals surface area contributed by atoms with Gasteiger partial charge in [-0.15, -0.1) is 0 Å². The maximum Gasteiger partial charge on any atom is 0.306 e. The molecule has 110 valence electrons. The van der Waals surface area contributed by atoms with Crippen LogP contribution in [0.15, 0.2) is 0 Å². The Labute approximate surface area is 118 Å². The smallest absolute Gasteiger partial charge is 0.306 e. The highest BCUT2D eigenvalue weighted by Crippen LogP contribution is 2.29. The van der Waals surface area contributed by atoms with E-state index in [0.29, 0.717) is 19.4 Å². The number of rotatable bonds is 7. The van der Waals surface area contributed by atoms with E-state index in [1.807, 2.05) is 6.26 Å². The quantitative estimate of drug-likeness (QED) is 0.652. The number of carboxylic acids is 1. The molecule has 4 N–H and O–H groups in total. The minimum absolute atomic E-state index is 0.0444. The van der Waals surface area contributed by atoms with E-state index in [4.69, 9.17) is 10.8 Å². The Morgan fingerprint density at radius 3 is 2.74 bits per heavy atom. The van der Waals surface area contributed by atoms with E-state index in [9.17, 15) is 9.59 Å². The molecule has 0 heterocycles. The monoisotopic (exact) mass is 288 g/mol. The minimum Gasteiger partial charge on any atom is -0.481 e. The lowest BCUT2D eigenvalue weighted by molar-refractivity contribution is -0.145. The second-order valence-electron chi connectivity index (χ2n) is 5.12. The predicted molar refractivity (Wildman–Crippen MR) is 77.1 cm³/mol. The lowest BCUT2D eigenvalue weighted by Crippen LogP contribution is -2.44. The van der Waals surface area contributed by atoms with Crippen molar-refractivity contribution in [3.8, 4) is 0 Å². The average Bonchev–Trinajstić information content (AvgIpc) is 2.42. The molecule has 1 aliphatic rings. The summed E-state index contributed by atoms with van der Waals surface area (Å²) < 4.78 is 0. The lowest BCUT2D eigenvalue weighted by atomic mass is 9.79. The van der Waals surface area contributed by atoms with Gasteiger partial charge in [0.05, 0.1) is 12.0 Å². The molecule has 3 atom stereocenters. The molecule has 0 radical (unpaired) electrons. The molecule has 19 heavy (non-hydrogen) atoms. The summed E-state index contributed by atoms with van der Waals surface area (Å²) in [5, 5.41) is 12.0. The van der Waals surface area contributed by atoms with Crippen LogP contribution in [-0.2, 0) is 9.59 Å². The second kappa shape index (κ2) is 8.43. The van der Waals surface area contributed by atoms with Gasteiger partial charge in [0, 0.05) is 6.54 Å². The second-order valence-corrected chi connectivity index (χ2v) is 6.11. The Kier molecular flexibility index (Phi) is 7.23. The van der Waals surface area contributed by atoms with Gasteiger partial charge in [0.15, 0.2) is 0 Å². The van der Waals surface area contributed by atoms with Gasteiger partial charge in [0.1, 0.15) is 0 Å². The van der Waals surface area contributed by atoms with Crippen molar-refractivity contribution in [3.05, 3.63) is 0 Å². The molecule has 1 amide bonds. The van der Waals surface area contributed by atoms with E-state index in [1.165, 1.54) is 0 Å². The van der Waals surface area contributed by atoms with Crippen LogP contribution in [0.4, 0.5) is 0 Å². The number of carbonyl (C=O) groups excluding carboxylic acids is 1. The average molecular weight is 288 g/mol. The number of carbonyl (C=O) groups is 2. The zero-order valence-corrected chi connectivity index (χ0v) is 12.2. The van der Waals surface area contributed by atoms with Gasteiger partial charge in [-0.25, -0.2) is 0 Å². The fraction of sp³-hybridized carbons (Fsp3) is 0.846. The van der Waals surface area contributed by atoms with E-state index in [2.05, 4.69) is 5.32 Å². The first-order valence-electron chi connectivity index (χ1n) is 6.81. The fourth-order valence-corrected chi connectivity index (χ4v) is 3.01. The fourth-order valence-electron chi connectivity index (χ4n) is 2.52. The van der Waals surface area contributed by atoms with Gasteiger partial charge in [-0.1, -0.05) is 12.8 Å². The molecule has 0 aromatic rings. The number of nitrogens with two attached hydrogens (primary N) is 1. The van der Waals surface area contributed by atoms with E-state index < -0.39 is 12.0 Å². The summed E-state index contributed by atoms with van der Waals surface area (Å²) in [5.41, 5.74) is 5.77. The zero-order chi connectivity index (χ0) is 14.3. The summed E-state index contributed by atoms with van der Waals surface area (Å²) in [6.07, 6.45) is 6.23. The number of hydrogen-bond donors (Lipinski definition) is 3. The van der Waals surface area contributed by atoms with E-state index in [0.717, 1.165) is 25.0 Å². The first-order chi connectivity index (χ1) is 9.06. The molecule has 5 nitrogen and oxygen atoms in total. The Bertz CT molecular complexity index is 312. The number of carboxylic acid groups (broad SMARTS) is 1. The summed E-state index contributed by atoms with van der Waals surface area (Å²) in [4.78, 5) is 22.9. The molecule has 2 unspecified atom stereocenters. The van der Waals surface area contributed by atoms with Crippen molar-refractivity contribution in [2.24, 2.45) is 17.6 Å². The molecule has 1 fully saturated rings. The van der Waals surface area contributed by atoms with E-state index in [-0.39, 0.29) is 17.7 Å². The van der Waals surface area contributed by atoms with Crippen LogP contribution in [0.2, 0.25) is 0 Å². The highest BCUT2D eigenvalue weighted by Gasteiger charge is 2.31. The van der Waals surface area contributed by atoms with Crippen molar-refractivity contribution in [1.29, 1.82) is 0 Å². The largest absolute Gasteiger partial charge is 0.481 e. The number of thioether (sulfide) groups is 1. The first-order valence-corrected chi connectivity index (χ1v) is 8.20. The molecule has 0 saturated heterocycles. The number of hydrogen-bond acceptors (Lipinski definition) is 4. The van der Waals surface area contributed by atoms with Crippen molar-refractivity contribution in [1.82, 2.24) is 5.32 Å². The van der Waals surface area contributed by atoms with Gasteiger partial charge in [-0.05, 0) is 37.2 Å². The van der Waals surface area contributed by atoms with Crippen molar-refractivity contribution in [3.63, 3.8) is 0 Å². The summed E-state index contributed by atoms with van der Waals surface area (Å²) in [5.74, 6) is -0.329. The number of nitrogens with one attached hydrogen (secondary N) is 1. The zero-order valence-electron chi connectivity index (χ0n) is 11.4. The van der Waals surface area contributed by atoms with Gasteiger partial charge in [0.2, 0.25) is 5.91 Å². The van der Waals surface area contributed by atoms with Crippen LogP contribution >= 0.6 is 11.8 Å². The molecular weight excluding hydrogens is 264 g/mol. The van der Waals surface area contributed by atoms with E-state index >= 15 is 0 Å². The third kappa shape index (κ3) is 5.40. The highest BCUT2D eigenvalue weighted by molar-refractivity contribution is 7.98. The Morgan fingerprint density at radius 2 is 2.11 bits per heavy atom. The third-order valence-corrected chi connectivity index (χ3v) is 4.38. The Morgan fingerprint density at radius 1 is 1.42 bits per heavy atom. The molecule has 0 spiro atoms. The molecule has 1 saturated carbocycles.